The summed E-state index contributed by atoms with van der Waals surface area (Å²) < 4.78 is 94.9. The maximum Gasteiger partial charge on any atom is 0.417 e. The van der Waals surface area contributed by atoms with Crippen LogP contribution >= 0.6 is 0 Å². The van der Waals surface area contributed by atoms with Crippen LogP contribution in [0.1, 0.15) is 30.5 Å². The lowest BCUT2D eigenvalue weighted by Gasteiger charge is -2.22. The lowest BCUT2D eigenvalue weighted by atomic mass is 9.84. The third kappa shape index (κ3) is 5.49. The van der Waals surface area contributed by atoms with Gasteiger partial charge in [-0.2, -0.15) is 26.3 Å². The summed E-state index contributed by atoms with van der Waals surface area (Å²) >= 11 is 0. The van der Waals surface area contributed by atoms with Crippen LogP contribution in [0.15, 0.2) is 41.3 Å². The Bertz CT molecular complexity index is 1330. The zero-order valence-electron chi connectivity index (χ0n) is 18.1. The van der Waals surface area contributed by atoms with Crippen molar-refractivity contribution in [1.82, 2.24) is 15.0 Å². The standard InChI is InChI=1S/C22H17F7N4O2/c1-20(2,19(30)35)8-10-3-5-12(22(27,28)29)16(17(10)23)18-32-14(7-15(34)33-18)13-6-4-11(9-31-13)21(24,25)26/h3-7,9H,8H2,1-2H3,(H2,30,35)(H,32,33,34). The van der Waals surface area contributed by atoms with E-state index >= 15 is 4.39 Å². The molecule has 0 spiro atoms. The Morgan fingerprint density at radius 3 is 2.17 bits per heavy atom. The number of alkyl halides is 6. The smallest absolute Gasteiger partial charge is 0.369 e. The van der Waals surface area contributed by atoms with Gasteiger partial charge in [-0.3, -0.25) is 14.6 Å². The average molecular weight is 502 g/mol. The molecular formula is C22H17F7N4O2. The summed E-state index contributed by atoms with van der Waals surface area (Å²) in [5.41, 5.74) is -1.62. The van der Waals surface area contributed by atoms with E-state index in [-0.39, 0.29) is 23.4 Å². The second kappa shape index (κ2) is 8.78. The number of halogens is 7. The minimum absolute atomic E-state index is 0.259. The third-order valence-electron chi connectivity index (χ3n) is 5.16. The number of rotatable bonds is 5. The molecule has 0 aliphatic rings. The number of amides is 1. The van der Waals surface area contributed by atoms with Crippen LogP contribution < -0.4 is 11.3 Å². The number of carbonyl (C=O) groups is 1. The van der Waals surface area contributed by atoms with Gasteiger partial charge in [-0.15, -0.1) is 0 Å². The van der Waals surface area contributed by atoms with E-state index < -0.39 is 57.6 Å². The van der Waals surface area contributed by atoms with Gasteiger partial charge >= 0.3 is 12.4 Å². The molecule has 6 nitrogen and oxygen atoms in total. The van der Waals surface area contributed by atoms with Gasteiger partial charge in [0.2, 0.25) is 5.91 Å². The van der Waals surface area contributed by atoms with Gasteiger partial charge in [0.1, 0.15) is 11.6 Å². The Kier molecular flexibility index (Phi) is 6.49. The minimum Gasteiger partial charge on any atom is -0.369 e. The molecule has 0 saturated heterocycles. The number of aromatic amines is 1. The zero-order chi connectivity index (χ0) is 26.3. The second-order valence-corrected chi connectivity index (χ2v) is 8.29. The Hall–Kier alpha value is -3.77. The highest BCUT2D eigenvalue weighted by Crippen LogP contribution is 2.39. The molecule has 0 saturated carbocycles. The normalized spacial score (nSPS) is 12.6. The average Bonchev–Trinajstić information content (AvgIpc) is 2.73. The van der Waals surface area contributed by atoms with Crippen LogP contribution in [-0.4, -0.2) is 20.9 Å². The number of benzene rings is 1. The maximum atomic E-state index is 15.4. The Morgan fingerprint density at radius 2 is 1.66 bits per heavy atom. The first-order chi connectivity index (χ1) is 16.0. The van der Waals surface area contributed by atoms with Crippen molar-refractivity contribution in [2.24, 2.45) is 11.1 Å². The molecular weight excluding hydrogens is 485 g/mol. The number of aromatic nitrogens is 3. The molecule has 0 aliphatic carbocycles. The molecule has 0 bridgehead atoms. The summed E-state index contributed by atoms with van der Waals surface area (Å²) in [5, 5.41) is 0. The molecule has 2 aromatic heterocycles. The molecule has 3 N–H and O–H groups in total. The molecule has 1 amide bonds. The van der Waals surface area contributed by atoms with Crippen LogP contribution in [-0.2, 0) is 23.6 Å². The number of nitrogens with zero attached hydrogens (tertiary/aromatic N) is 2. The summed E-state index contributed by atoms with van der Waals surface area (Å²) in [5.74, 6) is -3.03. The summed E-state index contributed by atoms with van der Waals surface area (Å²) in [6, 6.07) is 3.75. The van der Waals surface area contributed by atoms with Gasteiger partial charge in [0.25, 0.3) is 5.56 Å². The predicted molar refractivity (Wildman–Crippen MR) is 110 cm³/mol. The van der Waals surface area contributed by atoms with Crippen molar-refractivity contribution in [3.8, 4) is 22.8 Å². The monoisotopic (exact) mass is 502 g/mol. The highest BCUT2D eigenvalue weighted by molar-refractivity contribution is 5.80. The van der Waals surface area contributed by atoms with E-state index in [1.807, 2.05) is 4.98 Å². The molecule has 3 aromatic rings. The van der Waals surface area contributed by atoms with E-state index in [1.165, 1.54) is 13.8 Å². The second-order valence-electron chi connectivity index (χ2n) is 8.29. The van der Waals surface area contributed by atoms with Crippen LogP contribution in [0.25, 0.3) is 22.8 Å². The van der Waals surface area contributed by atoms with Crippen molar-refractivity contribution in [2.45, 2.75) is 32.6 Å². The fourth-order valence-corrected chi connectivity index (χ4v) is 3.21. The van der Waals surface area contributed by atoms with Gasteiger partial charge in [0.05, 0.1) is 28.1 Å². The van der Waals surface area contributed by atoms with Gasteiger partial charge in [0, 0.05) is 17.7 Å². The highest BCUT2D eigenvalue weighted by Gasteiger charge is 2.38. The fraction of sp³-hybridized carbons (Fsp3) is 0.273. The van der Waals surface area contributed by atoms with Crippen LogP contribution in [0.4, 0.5) is 30.7 Å². The Morgan fingerprint density at radius 1 is 1.00 bits per heavy atom. The molecule has 1 aromatic carbocycles. The van der Waals surface area contributed by atoms with Gasteiger partial charge < -0.3 is 10.7 Å². The molecule has 0 fully saturated rings. The summed E-state index contributed by atoms with van der Waals surface area (Å²) in [4.78, 5) is 33.3. The van der Waals surface area contributed by atoms with Crippen molar-refractivity contribution in [1.29, 1.82) is 0 Å². The van der Waals surface area contributed by atoms with Crippen molar-refractivity contribution >= 4 is 5.91 Å². The zero-order valence-corrected chi connectivity index (χ0v) is 18.1. The van der Waals surface area contributed by atoms with Gasteiger partial charge in [-0.05, 0) is 30.2 Å². The number of H-pyrrole nitrogens is 1. The molecule has 186 valence electrons. The lowest BCUT2D eigenvalue weighted by Crippen LogP contribution is -2.33. The predicted octanol–water partition coefficient (Wildman–Crippen LogP) is 4.73. The van der Waals surface area contributed by atoms with E-state index in [4.69, 9.17) is 5.73 Å². The van der Waals surface area contributed by atoms with Crippen molar-refractivity contribution in [3.05, 3.63) is 69.4 Å². The number of pyridine rings is 1. The van der Waals surface area contributed by atoms with Crippen LogP contribution in [0.2, 0.25) is 0 Å². The first-order valence-electron chi connectivity index (χ1n) is 9.84. The molecule has 13 heteroatoms. The van der Waals surface area contributed by atoms with Crippen LogP contribution in [0.3, 0.4) is 0 Å². The highest BCUT2D eigenvalue weighted by atomic mass is 19.4. The topological polar surface area (TPSA) is 102 Å². The van der Waals surface area contributed by atoms with E-state index in [0.717, 1.165) is 18.2 Å². The van der Waals surface area contributed by atoms with E-state index in [9.17, 15) is 35.9 Å². The van der Waals surface area contributed by atoms with Gasteiger partial charge in [0.15, 0.2) is 0 Å². The largest absolute Gasteiger partial charge is 0.417 e. The quantitative estimate of drug-likeness (QED) is 0.493. The molecule has 0 atom stereocenters. The lowest BCUT2D eigenvalue weighted by molar-refractivity contribution is -0.138. The number of hydrogen-bond acceptors (Lipinski definition) is 4. The number of nitrogens with two attached hydrogens (primary N) is 1. The third-order valence-corrected chi connectivity index (χ3v) is 5.16. The minimum atomic E-state index is -5.06. The van der Waals surface area contributed by atoms with Crippen LogP contribution in [0, 0.1) is 11.2 Å². The number of nitrogens with one attached hydrogen (secondary N) is 1. The van der Waals surface area contributed by atoms with Crippen molar-refractivity contribution in [2.75, 3.05) is 0 Å². The molecule has 0 radical (unpaired) electrons. The van der Waals surface area contributed by atoms with Crippen LogP contribution in [0.5, 0.6) is 0 Å². The molecule has 0 aliphatic heterocycles. The summed E-state index contributed by atoms with van der Waals surface area (Å²) in [6.07, 6.45) is -9.65. The van der Waals surface area contributed by atoms with E-state index in [1.54, 1.807) is 0 Å². The molecule has 35 heavy (non-hydrogen) atoms. The summed E-state index contributed by atoms with van der Waals surface area (Å²) in [7, 11) is 0. The first kappa shape index (κ1) is 25.8. The van der Waals surface area contributed by atoms with Gasteiger partial charge in [-0.1, -0.05) is 19.9 Å². The van der Waals surface area contributed by atoms with Crippen molar-refractivity contribution < 1.29 is 35.5 Å². The fourth-order valence-electron chi connectivity index (χ4n) is 3.21. The Labute approximate surface area is 193 Å². The first-order valence-corrected chi connectivity index (χ1v) is 9.84. The molecule has 0 unspecified atom stereocenters. The molecule has 2 heterocycles. The number of carbonyl (C=O) groups excluding carboxylic acids is 1. The van der Waals surface area contributed by atoms with Crippen molar-refractivity contribution in [3.63, 3.8) is 0 Å². The van der Waals surface area contributed by atoms with E-state index in [2.05, 4.69) is 9.97 Å². The number of hydrogen-bond donors (Lipinski definition) is 2. The summed E-state index contributed by atoms with van der Waals surface area (Å²) in [6.45, 7) is 2.76. The number of primary amides is 1. The van der Waals surface area contributed by atoms with Gasteiger partial charge in [-0.25, -0.2) is 9.37 Å². The molecule has 3 rings (SSSR count). The Balaban J connectivity index is 2.21. The SMILES string of the molecule is CC(C)(Cc1ccc(C(F)(F)F)c(-c2nc(-c3ccc(C(F)(F)F)cn3)cc(=O)[nH]2)c1F)C(N)=O. The van der Waals surface area contributed by atoms with E-state index in [0.29, 0.717) is 18.3 Å². The maximum absolute atomic E-state index is 15.4.